The van der Waals surface area contributed by atoms with Crippen LogP contribution >= 0.6 is 10.7 Å². The van der Waals surface area contributed by atoms with Gasteiger partial charge in [-0.15, -0.1) is 0 Å². The van der Waals surface area contributed by atoms with E-state index in [0.29, 0.717) is 12.1 Å². The molecule has 1 fully saturated rings. The molecule has 0 saturated heterocycles. The first kappa shape index (κ1) is 14.2. The van der Waals surface area contributed by atoms with E-state index in [0.717, 1.165) is 19.3 Å². The third kappa shape index (κ3) is 3.03. The lowest BCUT2D eigenvalue weighted by Crippen LogP contribution is -2.39. The van der Waals surface area contributed by atoms with E-state index in [4.69, 9.17) is 10.7 Å². The van der Waals surface area contributed by atoms with Gasteiger partial charge in [-0.05, 0) is 31.4 Å². The number of halogens is 3. The van der Waals surface area contributed by atoms with Crippen molar-refractivity contribution in [3.8, 4) is 0 Å². The zero-order valence-corrected chi connectivity index (χ0v) is 11.2. The van der Waals surface area contributed by atoms with E-state index in [-0.39, 0.29) is 6.04 Å². The Bertz CT molecular complexity index is 629. The Morgan fingerprint density at radius 1 is 1.32 bits per heavy atom. The summed E-state index contributed by atoms with van der Waals surface area (Å²) < 4.78 is 49.3. The van der Waals surface area contributed by atoms with E-state index in [9.17, 15) is 22.0 Å². The van der Waals surface area contributed by atoms with Gasteiger partial charge in [-0.25, -0.2) is 17.2 Å². The lowest BCUT2D eigenvalue weighted by Gasteiger charge is -2.26. The van der Waals surface area contributed by atoms with Gasteiger partial charge < -0.3 is 5.32 Å². The number of carbonyl (C=O) groups is 1. The molecule has 1 saturated carbocycles. The molecule has 4 nitrogen and oxygen atoms in total. The molecule has 0 heterocycles. The molecule has 2 rings (SSSR count). The van der Waals surface area contributed by atoms with E-state index in [1.54, 1.807) is 0 Å². The normalized spacial score (nSPS) is 15.9. The van der Waals surface area contributed by atoms with Gasteiger partial charge in [0.2, 0.25) is 0 Å². The summed E-state index contributed by atoms with van der Waals surface area (Å²) in [5.74, 6) is -3.23. The summed E-state index contributed by atoms with van der Waals surface area (Å²) in [6.07, 6.45) is 2.49. The lowest BCUT2D eigenvalue weighted by atomic mass is 9.93. The van der Waals surface area contributed by atoms with Gasteiger partial charge in [0.25, 0.3) is 15.0 Å². The number of benzene rings is 1. The summed E-state index contributed by atoms with van der Waals surface area (Å²) in [7, 11) is 0.536. The Labute approximate surface area is 113 Å². The second-order valence-electron chi connectivity index (χ2n) is 4.30. The van der Waals surface area contributed by atoms with E-state index >= 15 is 0 Å². The molecule has 0 bridgehead atoms. The number of rotatable bonds is 3. The van der Waals surface area contributed by atoms with Crippen LogP contribution in [0.1, 0.15) is 29.6 Å². The highest BCUT2D eigenvalue weighted by atomic mass is 35.7. The summed E-state index contributed by atoms with van der Waals surface area (Å²) in [5, 5.41) is 2.50. The number of carbonyl (C=O) groups excluding carboxylic acids is 1. The van der Waals surface area contributed by atoms with E-state index in [1.807, 2.05) is 0 Å². The molecule has 1 N–H and O–H groups in total. The predicted octanol–water partition coefficient (Wildman–Crippen LogP) is 2.17. The highest BCUT2D eigenvalue weighted by Gasteiger charge is 2.26. The molecule has 0 atom stereocenters. The second-order valence-corrected chi connectivity index (χ2v) is 6.84. The summed E-state index contributed by atoms with van der Waals surface area (Å²) in [6, 6.07) is 1.01. The van der Waals surface area contributed by atoms with Crippen molar-refractivity contribution in [3.05, 3.63) is 29.3 Å². The molecule has 0 aliphatic heterocycles. The molecule has 1 aromatic carbocycles. The van der Waals surface area contributed by atoms with Gasteiger partial charge >= 0.3 is 0 Å². The predicted molar refractivity (Wildman–Crippen MR) is 64.5 cm³/mol. The second kappa shape index (κ2) is 5.05. The minimum atomic E-state index is -4.45. The van der Waals surface area contributed by atoms with Gasteiger partial charge in [-0.3, -0.25) is 4.79 Å². The molecular formula is C11H10ClF2NO3S. The topological polar surface area (TPSA) is 63.2 Å². The van der Waals surface area contributed by atoms with Crippen molar-refractivity contribution in [2.45, 2.75) is 30.2 Å². The number of amides is 1. The minimum Gasteiger partial charge on any atom is -0.349 e. The SMILES string of the molecule is O=C(NC1CCC1)c1cc(F)cc(S(=O)(=O)Cl)c1F. The lowest BCUT2D eigenvalue weighted by molar-refractivity contribution is 0.0911. The van der Waals surface area contributed by atoms with Crippen LogP contribution in [0.5, 0.6) is 0 Å². The Kier molecular flexibility index (Phi) is 3.78. The average molecular weight is 310 g/mol. The first-order chi connectivity index (χ1) is 8.79. The summed E-state index contributed by atoms with van der Waals surface area (Å²) in [6.45, 7) is 0. The quantitative estimate of drug-likeness (QED) is 0.870. The molecule has 104 valence electrons. The van der Waals surface area contributed by atoms with Crippen LogP contribution in [0.4, 0.5) is 8.78 Å². The fourth-order valence-corrected chi connectivity index (χ4v) is 2.64. The van der Waals surface area contributed by atoms with Crippen molar-refractivity contribution in [2.24, 2.45) is 0 Å². The average Bonchev–Trinajstić information content (AvgIpc) is 2.24. The Morgan fingerprint density at radius 2 is 1.95 bits per heavy atom. The summed E-state index contributed by atoms with van der Waals surface area (Å²) >= 11 is 0. The summed E-state index contributed by atoms with van der Waals surface area (Å²) in [5.41, 5.74) is -0.661. The van der Waals surface area contributed by atoms with Crippen molar-refractivity contribution in [1.29, 1.82) is 0 Å². The Hall–Kier alpha value is -1.21. The first-order valence-corrected chi connectivity index (χ1v) is 7.84. The van der Waals surface area contributed by atoms with Crippen LogP contribution in [-0.2, 0) is 9.05 Å². The van der Waals surface area contributed by atoms with E-state index in [2.05, 4.69) is 5.32 Å². The molecular weight excluding hydrogens is 300 g/mol. The summed E-state index contributed by atoms with van der Waals surface area (Å²) in [4.78, 5) is 10.7. The highest BCUT2D eigenvalue weighted by molar-refractivity contribution is 8.13. The maximum absolute atomic E-state index is 13.9. The molecule has 1 amide bonds. The number of hydrogen-bond acceptors (Lipinski definition) is 3. The largest absolute Gasteiger partial charge is 0.349 e. The van der Waals surface area contributed by atoms with Crippen LogP contribution < -0.4 is 5.32 Å². The number of hydrogen-bond donors (Lipinski definition) is 1. The van der Waals surface area contributed by atoms with Gasteiger partial charge in [-0.2, -0.15) is 0 Å². The monoisotopic (exact) mass is 309 g/mol. The molecule has 0 unspecified atom stereocenters. The van der Waals surface area contributed by atoms with Crippen molar-refractivity contribution in [1.82, 2.24) is 5.32 Å². The smallest absolute Gasteiger partial charge is 0.264 e. The van der Waals surface area contributed by atoms with Gasteiger partial charge in [-0.1, -0.05) is 0 Å². The van der Waals surface area contributed by atoms with Gasteiger partial charge in [0.05, 0.1) is 5.56 Å². The molecule has 1 aliphatic rings. The maximum Gasteiger partial charge on any atom is 0.264 e. The Morgan fingerprint density at radius 3 is 2.42 bits per heavy atom. The highest BCUT2D eigenvalue weighted by Crippen LogP contribution is 2.24. The standard InChI is InChI=1S/C11H10ClF2NO3S/c12-19(17,18)9-5-6(13)4-8(10(9)14)11(16)15-7-2-1-3-7/h4-5,7H,1-3H2,(H,15,16). The van der Waals surface area contributed by atoms with Crippen molar-refractivity contribution >= 4 is 25.6 Å². The van der Waals surface area contributed by atoms with Gasteiger partial charge in [0.15, 0.2) is 5.82 Å². The third-order valence-electron chi connectivity index (χ3n) is 2.95. The number of nitrogens with one attached hydrogen (secondary N) is 1. The molecule has 1 aromatic rings. The van der Waals surface area contributed by atoms with Crippen molar-refractivity contribution in [3.63, 3.8) is 0 Å². The van der Waals surface area contributed by atoms with Crippen LogP contribution in [0, 0.1) is 11.6 Å². The molecule has 0 aromatic heterocycles. The maximum atomic E-state index is 13.9. The molecule has 0 radical (unpaired) electrons. The molecule has 19 heavy (non-hydrogen) atoms. The first-order valence-electron chi connectivity index (χ1n) is 5.53. The van der Waals surface area contributed by atoms with E-state index in [1.165, 1.54) is 0 Å². The zero-order valence-electron chi connectivity index (χ0n) is 9.62. The fraction of sp³-hybridized carbons (Fsp3) is 0.364. The third-order valence-corrected chi connectivity index (χ3v) is 4.27. The molecule has 0 spiro atoms. The van der Waals surface area contributed by atoms with Gasteiger partial charge in [0.1, 0.15) is 10.7 Å². The van der Waals surface area contributed by atoms with Crippen LogP contribution in [-0.4, -0.2) is 20.4 Å². The van der Waals surface area contributed by atoms with E-state index < -0.39 is 37.1 Å². The molecule has 8 heteroatoms. The zero-order chi connectivity index (χ0) is 14.2. The Balaban J connectivity index is 2.39. The van der Waals surface area contributed by atoms with Crippen molar-refractivity contribution < 1.29 is 22.0 Å². The molecule has 1 aliphatic carbocycles. The van der Waals surface area contributed by atoms with Crippen LogP contribution in [0.25, 0.3) is 0 Å². The van der Waals surface area contributed by atoms with Gasteiger partial charge in [0, 0.05) is 16.7 Å². The van der Waals surface area contributed by atoms with Crippen LogP contribution in [0.3, 0.4) is 0 Å². The minimum absolute atomic E-state index is 0.0776. The van der Waals surface area contributed by atoms with Crippen LogP contribution in [0.2, 0.25) is 0 Å². The fourth-order valence-electron chi connectivity index (χ4n) is 1.72. The van der Waals surface area contributed by atoms with Crippen molar-refractivity contribution in [2.75, 3.05) is 0 Å². The van der Waals surface area contributed by atoms with Crippen LogP contribution in [0.15, 0.2) is 17.0 Å².